The third-order valence-electron chi connectivity index (χ3n) is 7.67. The van der Waals surface area contributed by atoms with Crippen LogP contribution in [0.1, 0.15) is 71.3 Å². The SMILES string of the molecule is CC(C)(C)c1ccc(CN2CC[C@@H](OC3CC34CN(c3ccc(C(C)(C)C)nn3)CCN4)C2)cn1. The van der Waals surface area contributed by atoms with Crippen LogP contribution in [-0.4, -0.2) is 70.6 Å². The first-order valence-corrected chi connectivity index (χ1v) is 13.2. The standard InChI is InChI=1S/C28H42N6O/c1-26(2,3)22-8-7-20(16-29-22)17-33-13-11-21(18-33)35-24-15-28(24)19-34(14-12-30-28)25-10-9-23(31-32-25)27(4,5)6/h7-10,16,21,24,30H,11-15,17-19H2,1-6H3/t21-,24?,28?/m1/s1. The summed E-state index contributed by atoms with van der Waals surface area (Å²) in [5.41, 5.74) is 3.63. The van der Waals surface area contributed by atoms with Gasteiger partial charge in [0.2, 0.25) is 0 Å². The van der Waals surface area contributed by atoms with E-state index in [1.165, 1.54) is 5.56 Å². The molecule has 35 heavy (non-hydrogen) atoms. The lowest BCUT2D eigenvalue weighted by Gasteiger charge is -2.35. The molecule has 2 aromatic rings. The maximum atomic E-state index is 6.61. The number of nitrogens with zero attached hydrogens (tertiary/aromatic N) is 5. The molecule has 2 aromatic heterocycles. The second-order valence-electron chi connectivity index (χ2n) is 12.8. The molecule has 190 valence electrons. The van der Waals surface area contributed by atoms with Crippen molar-refractivity contribution in [1.82, 2.24) is 25.4 Å². The van der Waals surface area contributed by atoms with Crippen LogP contribution in [0.4, 0.5) is 5.82 Å². The van der Waals surface area contributed by atoms with E-state index in [-0.39, 0.29) is 22.5 Å². The van der Waals surface area contributed by atoms with Gasteiger partial charge in [0, 0.05) is 62.0 Å². The molecule has 2 aliphatic heterocycles. The number of nitrogens with one attached hydrogen (secondary N) is 1. The molecule has 5 rings (SSSR count). The van der Waals surface area contributed by atoms with Gasteiger partial charge in [0.25, 0.3) is 0 Å². The first-order valence-electron chi connectivity index (χ1n) is 13.2. The smallest absolute Gasteiger partial charge is 0.151 e. The fourth-order valence-electron chi connectivity index (χ4n) is 5.31. The van der Waals surface area contributed by atoms with Gasteiger partial charge < -0.3 is 15.0 Å². The van der Waals surface area contributed by atoms with Crippen LogP contribution >= 0.6 is 0 Å². The van der Waals surface area contributed by atoms with E-state index < -0.39 is 0 Å². The molecular weight excluding hydrogens is 436 g/mol. The van der Waals surface area contributed by atoms with Crippen molar-refractivity contribution in [3.05, 3.63) is 47.4 Å². The second kappa shape index (κ2) is 9.09. The maximum absolute atomic E-state index is 6.61. The van der Waals surface area contributed by atoms with Crippen molar-refractivity contribution in [2.75, 3.05) is 37.6 Å². The Bertz CT molecular complexity index is 1010. The van der Waals surface area contributed by atoms with E-state index in [9.17, 15) is 0 Å². The highest BCUT2D eigenvalue weighted by Crippen LogP contribution is 2.43. The highest BCUT2D eigenvalue weighted by molar-refractivity contribution is 5.41. The summed E-state index contributed by atoms with van der Waals surface area (Å²) in [6.07, 6.45) is 4.81. The zero-order valence-corrected chi connectivity index (χ0v) is 22.3. The van der Waals surface area contributed by atoms with E-state index >= 15 is 0 Å². The zero-order valence-electron chi connectivity index (χ0n) is 22.3. The lowest BCUT2D eigenvalue weighted by molar-refractivity contribution is 0.0298. The summed E-state index contributed by atoms with van der Waals surface area (Å²) in [4.78, 5) is 9.56. The minimum Gasteiger partial charge on any atom is -0.372 e. The van der Waals surface area contributed by atoms with Crippen molar-refractivity contribution < 1.29 is 4.74 Å². The molecule has 0 radical (unpaired) electrons. The third-order valence-corrected chi connectivity index (χ3v) is 7.67. The van der Waals surface area contributed by atoms with Crippen molar-refractivity contribution in [3.63, 3.8) is 0 Å². The summed E-state index contributed by atoms with van der Waals surface area (Å²) in [5, 5.41) is 12.8. The van der Waals surface area contributed by atoms with Crippen molar-refractivity contribution in [2.45, 2.75) is 89.5 Å². The predicted molar refractivity (Wildman–Crippen MR) is 140 cm³/mol. The van der Waals surface area contributed by atoms with Crippen LogP contribution in [0.5, 0.6) is 0 Å². The number of rotatable bonds is 5. The number of aromatic nitrogens is 3. The Balaban J connectivity index is 1.12. The van der Waals surface area contributed by atoms with E-state index in [4.69, 9.17) is 9.72 Å². The summed E-state index contributed by atoms with van der Waals surface area (Å²) in [7, 11) is 0. The number of piperazine rings is 1. The third kappa shape index (κ3) is 5.52. The monoisotopic (exact) mass is 478 g/mol. The predicted octanol–water partition coefficient (Wildman–Crippen LogP) is 3.68. The summed E-state index contributed by atoms with van der Waals surface area (Å²) < 4.78 is 6.61. The molecule has 0 amide bonds. The molecule has 2 unspecified atom stereocenters. The largest absolute Gasteiger partial charge is 0.372 e. The molecule has 1 saturated carbocycles. The molecule has 0 bridgehead atoms. The van der Waals surface area contributed by atoms with Gasteiger partial charge in [0.05, 0.1) is 23.4 Å². The minimum absolute atomic E-state index is 0.0210. The normalized spacial score (nSPS) is 27.5. The fraction of sp³-hybridized carbons (Fsp3) is 0.679. The Kier molecular flexibility index (Phi) is 6.39. The number of hydrogen-bond donors (Lipinski definition) is 1. The van der Waals surface area contributed by atoms with Gasteiger partial charge in [-0.25, -0.2) is 0 Å². The van der Waals surface area contributed by atoms with Crippen molar-refractivity contribution in [3.8, 4) is 0 Å². The molecule has 3 aliphatic rings. The van der Waals surface area contributed by atoms with E-state index in [2.05, 4.69) is 91.1 Å². The quantitative estimate of drug-likeness (QED) is 0.703. The molecule has 0 aromatic carbocycles. The first kappa shape index (κ1) is 24.6. The van der Waals surface area contributed by atoms with Gasteiger partial charge in [0.15, 0.2) is 5.82 Å². The van der Waals surface area contributed by atoms with Gasteiger partial charge in [0.1, 0.15) is 0 Å². The molecular formula is C28H42N6O. The number of hydrogen-bond acceptors (Lipinski definition) is 7. The summed E-state index contributed by atoms with van der Waals surface area (Å²) in [5.74, 6) is 0.975. The Hall–Kier alpha value is -2.09. The minimum atomic E-state index is 0.0210. The molecule has 7 nitrogen and oxygen atoms in total. The van der Waals surface area contributed by atoms with Crippen LogP contribution in [0, 0.1) is 0 Å². The van der Waals surface area contributed by atoms with Crippen LogP contribution in [0.3, 0.4) is 0 Å². The lowest BCUT2D eigenvalue weighted by Crippen LogP contribution is -2.55. The van der Waals surface area contributed by atoms with Crippen LogP contribution in [0.25, 0.3) is 0 Å². The van der Waals surface area contributed by atoms with E-state index in [1.54, 1.807) is 0 Å². The molecule has 4 heterocycles. The molecule has 1 aliphatic carbocycles. The first-order chi connectivity index (χ1) is 16.5. The molecule has 3 fully saturated rings. The molecule has 1 spiro atoms. The molecule has 7 heteroatoms. The van der Waals surface area contributed by atoms with E-state index in [0.29, 0.717) is 6.10 Å². The Morgan fingerprint density at radius 1 is 1.00 bits per heavy atom. The van der Waals surface area contributed by atoms with Gasteiger partial charge in [-0.3, -0.25) is 9.88 Å². The van der Waals surface area contributed by atoms with Gasteiger partial charge in [-0.2, -0.15) is 5.10 Å². The van der Waals surface area contributed by atoms with Crippen LogP contribution in [0.2, 0.25) is 0 Å². The summed E-state index contributed by atoms with van der Waals surface area (Å²) in [6, 6.07) is 8.66. The summed E-state index contributed by atoms with van der Waals surface area (Å²) in [6.45, 7) is 19.0. The van der Waals surface area contributed by atoms with Crippen molar-refractivity contribution in [1.29, 1.82) is 0 Å². The van der Waals surface area contributed by atoms with Gasteiger partial charge >= 0.3 is 0 Å². The highest BCUT2D eigenvalue weighted by Gasteiger charge is 2.58. The number of anilines is 1. The molecule has 3 atom stereocenters. The average Bonchev–Trinajstić information content (AvgIpc) is 3.23. The number of pyridine rings is 1. The molecule has 1 N–H and O–H groups in total. The lowest BCUT2D eigenvalue weighted by atomic mass is 9.91. The molecule has 2 saturated heterocycles. The van der Waals surface area contributed by atoms with Gasteiger partial charge in [-0.15, -0.1) is 5.10 Å². The Morgan fingerprint density at radius 3 is 2.43 bits per heavy atom. The highest BCUT2D eigenvalue weighted by atomic mass is 16.5. The number of ether oxygens (including phenoxy) is 1. The average molecular weight is 479 g/mol. The fourth-order valence-corrected chi connectivity index (χ4v) is 5.31. The van der Waals surface area contributed by atoms with Crippen LogP contribution in [-0.2, 0) is 22.1 Å². The summed E-state index contributed by atoms with van der Waals surface area (Å²) >= 11 is 0. The van der Waals surface area contributed by atoms with Crippen LogP contribution in [0.15, 0.2) is 30.5 Å². The zero-order chi connectivity index (χ0) is 24.8. The van der Waals surface area contributed by atoms with E-state index in [0.717, 1.165) is 69.3 Å². The van der Waals surface area contributed by atoms with Gasteiger partial charge in [-0.05, 0) is 36.6 Å². The van der Waals surface area contributed by atoms with Gasteiger partial charge in [-0.1, -0.05) is 47.6 Å². The topological polar surface area (TPSA) is 66.4 Å². The van der Waals surface area contributed by atoms with Crippen LogP contribution < -0.4 is 10.2 Å². The number of likely N-dealkylation sites (tertiary alicyclic amines) is 1. The second-order valence-corrected chi connectivity index (χ2v) is 12.8. The van der Waals surface area contributed by atoms with Crippen molar-refractivity contribution in [2.24, 2.45) is 0 Å². The maximum Gasteiger partial charge on any atom is 0.151 e. The Morgan fingerprint density at radius 2 is 1.77 bits per heavy atom. The van der Waals surface area contributed by atoms with E-state index in [1.807, 2.05) is 6.20 Å². The van der Waals surface area contributed by atoms with Crippen molar-refractivity contribution >= 4 is 5.82 Å². The Labute approximate surface area is 210 Å².